The van der Waals surface area contributed by atoms with Gasteiger partial charge in [-0.1, -0.05) is 46.9 Å². The number of rotatable bonds is 6. The molecule has 20 heavy (non-hydrogen) atoms. The molecule has 1 amide bonds. The Balaban J connectivity index is 1.89. The maximum absolute atomic E-state index is 12.0. The standard InChI is InChI=1S/C11H14N4O2S3/c1-4-18-10-13-14-11(20-10)19-7(3)9(16)12-8-5-6(2)15-17-8/h5,7H,4H2,1-3H3,(H,12,16)/t7-/m0/s1. The Labute approximate surface area is 129 Å². The second-order valence-corrected chi connectivity index (χ2v) is 7.93. The van der Waals surface area contributed by atoms with Crippen LogP contribution in [0.4, 0.5) is 5.88 Å². The van der Waals surface area contributed by atoms with E-state index in [4.69, 9.17) is 4.52 Å². The van der Waals surface area contributed by atoms with Crippen molar-refractivity contribution >= 4 is 46.7 Å². The quantitative estimate of drug-likeness (QED) is 0.815. The number of carbonyl (C=O) groups is 1. The maximum atomic E-state index is 12.0. The third-order valence-electron chi connectivity index (χ3n) is 2.18. The van der Waals surface area contributed by atoms with Gasteiger partial charge < -0.3 is 4.52 Å². The number of aromatic nitrogens is 3. The average molecular weight is 330 g/mol. The van der Waals surface area contributed by atoms with Gasteiger partial charge in [0.15, 0.2) is 8.68 Å². The third kappa shape index (κ3) is 4.22. The van der Waals surface area contributed by atoms with Gasteiger partial charge in [0.2, 0.25) is 11.8 Å². The molecule has 1 atom stereocenters. The van der Waals surface area contributed by atoms with E-state index in [0.717, 1.165) is 20.1 Å². The lowest BCUT2D eigenvalue weighted by Gasteiger charge is -2.07. The number of amides is 1. The van der Waals surface area contributed by atoms with E-state index in [-0.39, 0.29) is 11.2 Å². The molecule has 0 saturated heterocycles. The molecule has 0 aliphatic carbocycles. The molecule has 0 aromatic carbocycles. The smallest absolute Gasteiger partial charge is 0.240 e. The van der Waals surface area contributed by atoms with Gasteiger partial charge in [-0.15, -0.1) is 10.2 Å². The number of nitrogens with zero attached hydrogens (tertiary/aromatic N) is 3. The molecule has 0 saturated carbocycles. The van der Waals surface area contributed by atoms with Crippen LogP contribution in [0.2, 0.25) is 0 Å². The number of aryl methyl sites for hydroxylation is 1. The minimum Gasteiger partial charge on any atom is -0.338 e. The summed E-state index contributed by atoms with van der Waals surface area (Å²) < 4.78 is 6.67. The van der Waals surface area contributed by atoms with Gasteiger partial charge >= 0.3 is 0 Å². The summed E-state index contributed by atoms with van der Waals surface area (Å²) in [5.41, 5.74) is 0.728. The summed E-state index contributed by atoms with van der Waals surface area (Å²) in [5, 5.41) is 14.2. The zero-order valence-corrected chi connectivity index (χ0v) is 13.7. The summed E-state index contributed by atoms with van der Waals surface area (Å²) >= 11 is 4.53. The number of carbonyl (C=O) groups excluding carboxylic acids is 1. The van der Waals surface area contributed by atoms with E-state index in [9.17, 15) is 4.79 Å². The number of hydrogen-bond donors (Lipinski definition) is 1. The van der Waals surface area contributed by atoms with Gasteiger partial charge in [0.25, 0.3) is 0 Å². The Morgan fingerprint density at radius 2 is 2.25 bits per heavy atom. The lowest BCUT2D eigenvalue weighted by atomic mass is 10.4. The fraction of sp³-hybridized carbons (Fsp3) is 0.455. The molecule has 2 aromatic rings. The van der Waals surface area contributed by atoms with Gasteiger partial charge in [-0.3, -0.25) is 10.1 Å². The van der Waals surface area contributed by atoms with Crippen LogP contribution in [0.1, 0.15) is 19.5 Å². The molecule has 0 aliphatic heterocycles. The second-order valence-electron chi connectivity index (χ2n) is 3.85. The number of thioether (sulfide) groups is 2. The van der Waals surface area contributed by atoms with E-state index < -0.39 is 0 Å². The van der Waals surface area contributed by atoms with Crippen LogP contribution in [0.5, 0.6) is 0 Å². The van der Waals surface area contributed by atoms with Crippen molar-refractivity contribution in [3.05, 3.63) is 11.8 Å². The molecular formula is C11H14N4O2S3. The van der Waals surface area contributed by atoms with Crippen LogP contribution in [0.15, 0.2) is 19.3 Å². The topological polar surface area (TPSA) is 80.9 Å². The van der Waals surface area contributed by atoms with Crippen LogP contribution in [0, 0.1) is 6.92 Å². The van der Waals surface area contributed by atoms with E-state index in [2.05, 4.69) is 27.6 Å². The fourth-order valence-corrected chi connectivity index (χ4v) is 4.34. The van der Waals surface area contributed by atoms with Gasteiger partial charge in [-0.25, -0.2) is 0 Å². The van der Waals surface area contributed by atoms with E-state index in [1.165, 1.54) is 23.1 Å². The summed E-state index contributed by atoms with van der Waals surface area (Å²) in [6, 6.07) is 1.68. The molecule has 2 heterocycles. The van der Waals surface area contributed by atoms with Crippen molar-refractivity contribution in [1.82, 2.24) is 15.4 Å². The summed E-state index contributed by atoms with van der Waals surface area (Å²) in [5.74, 6) is 1.17. The van der Waals surface area contributed by atoms with Crippen molar-refractivity contribution in [1.29, 1.82) is 0 Å². The average Bonchev–Trinajstić information content (AvgIpc) is 2.99. The Kier molecular flexibility index (Phi) is 5.44. The molecule has 2 rings (SSSR count). The molecule has 0 bridgehead atoms. The van der Waals surface area contributed by atoms with E-state index in [1.54, 1.807) is 24.8 Å². The zero-order chi connectivity index (χ0) is 14.5. The van der Waals surface area contributed by atoms with Crippen LogP contribution in [-0.4, -0.2) is 32.3 Å². The Morgan fingerprint density at radius 3 is 2.90 bits per heavy atom. The summed E-state index contributed by atoms with van der Waals surface area (Å²) in [6.45, 7) is 5.68. The van der Waals surface area contributed by atoms with Gasteiger partial charge in [-0.05, 0) is 19.6 Å². The first kappa shape index (κ1) is 15.3. The Bertz CT molecular complexity index is 584. The first-order valence-corrected chi connectivity index (χ1v) is 8.63. The highest BCUT2D eigenvalue weighted by Crippen LogP contribution is 2.31. The molecule has 108 valence electrons. The molecule has 1 N–H and O–H groups in total. The molecular weight excluding hydrogens is 316 g/mol. The monoisotopic (exact) mass is 330 g/mol. The molecule has 2 aromatic heterocycles. The lowest BCUT2D eigenvalue weighted by Crippen LogP contribution is -2.22. The van der Waals surface area contributed by atoms with Crippen molar-refractivity contribution in [2.75, 3.05) is 11.1 Å². The first-order valence-electron chi connectivity index (χ1n) is 5.95. The number of anilines is 1. The summed E-state index contributed by atoms with van der Waals surface area (Å²) in [4.78, 5) is 12.0. The van der Waals surface area contributed by atoms with E-state index in [1.807, 2.05) is 6.92 Å². The normalized spacial score (nSPS) is 12.3. The molecule has 0 aliphatic rings. The van der Waals surface area contributed by atoms with Crippen molar-refractivity contribution in [2.24, 2.45) is 0 Å². The highest BCUT2D eigenvalue weighted by atomic mass is 32.2. The molecule has 0 radical (unpaired) electrons. The predicted octanol–water partition coefficient (Wildman–Crippen LogP) is 3.07. The molecule has 6 nitrogen and oxygen atoms in total. The van der Waals surface area contributed by atoms with Crippen molar-refractivity contribution in [2.45, 2.75) is 34.7 Å². The summed E-state index contributed by atoms with van der Waals surface area (Å²) in [7, 11) is 0. The van der Waals surface area contributed by atoms with E-state index >= 15 is 0 Å². The maximum Gasteiger partial charge on any atom is 0.240 e. The van der Waals surface area contributed by atoms with Gasteiger partial charge in [0.1, 0.15) is 0 Å². The van der Waals surface area contributed by atoms with Gasteiger partial charge in [-0.2, -0.15) is 0 Å². The van der Waals surface area contributed by atoms with Crippen LogP contribution < -0.4 is 5.32 Å². The Morgan fingerprint density at radius 1 is 1.50 bits per heavy atom. The molecule has 0 spiro atoms. The van der Waals surface area contributed by atoms with Gasteiger partial charge in [0, 0.05) is 6.07 Å². The number of nitrogens with one attached hydrogen (secondary N) is 1. The van der Waals surface area contributed by atoms with Crippen LogP contribution >= 0.6 is 34.9 Å². The van der Waals surface area contributed by atoms with Crippen LogP contribution in [0.25, 0.3) is 0 Å². The third-order valence-corrected chi connectivity index (χ3v) is 5.30. The second kappa shape index (κ2) is 7.09. The molecule has 9 heteroatoms. The zero-order valence-electron chi connectivity index (χ0n) is 11.2. The SMILES string of the molecule is CCSc1nnc(S[C@@H](C)C(=O)Nc2cc(C)no2)s1. The lowest BCUT2D eigenvalue weighted by molar-refractivity contribution is -0.115. The largest absolute Gasteiger partial charge is 0.338 e. The minimum absolute atomic E-state index is 0.147. The minimum atomic E-state index is -0.284. The highest BCUT2D eigenvalue weighted by molar-refractivity contribution is 8.03. The van der Waals surface area contributed by atoms with Gasteiger partial charge in [0.05, 0.1) is 10.9 Å². The fourth-order valence-electron chi connectivity index (χ4n) is 1.28. The van der Waals surface area contributed by atoms with E-state index in [0.29, 0.717) is 5.88 Å². The Hall–Kier alpha value is -1.06. The summed E-state index contributed by atoms with van der Waals surface area (Å²) in [6.07, 6.45) is 0. The predicted molar refractivity (Wildman–Crippen MR) is 81.5 cm³/mol. The van der Waals surface area contributed by atoms with Crippen LogP contribution in [-0.2, 0) is 4.79 Å². The number of hydrogen-bond acceptors (Lipinski definition) is 8. The van der Waals surface area contributed by atoms with Crippen molar-refractivity contribution in [3.8, 4) is 0 Å². The molecule has 0 unspecified atom stereocenters. The van der Waals surface area contributed by atoms with Crippen molar-refractivity contribution in [3.63, 3.8) is 0 Å². The highest BCUT2D eigenvalue weighted by Gasteiger charge is 2.18. The van der Waals surface area contributed by atoms with Crippen LogP contribution in [0.3, 0.4) is 0 Å². The van der Waals surface area contributed by atoms with Crippen molar-refractivity contribution < 1.29 is 9.32 Å². The first-order chi connectivity index (χ1) is 9.58. The molecule has 0 fully saturated rings.